The number of nitrogens with one attached hydrogen (secondary N) is 1. The van der Waals surface area contributed by atoms with Gasteiger partial charge in [-0.25, -0.2) is 13.1 Å². The molecule has 1 atom stereocenters. The van der Waals surface area contributed by atoms with Crippen molar-refractivity contribution in [3.05, 3.63) is 57.6 Å². The van der Waals surface area contributed by atoms with E-state index in [1.807, 2.05) is 39.0 Å². The van der Waals surface area contributed by atoms with Crippen LogP contribution in [-0.2, 0) is 10.0 Å². The number of ether oxygens (including phenoxy) is 1. The van der Waals surface area contributed by atoms with Gasteiger partial charge in [-0.2, -0.15) is 0 Å². The first-order valence-electron chi connectivity index (χ1n) is 7.17. The zero-order chi connectivity index (χ0) is 17.2. The van der Waals surface area contributed by atoms with Crippen LogP contribution < -0.4 is 9.46 Å². The van der Waals surface area contributed by atoms with Crippen molar-refractivity contribution < 1.29 is 13.2 Å². The Labute approximate surface area is 146 Å². The van der Waals surface area contributed by atoms with Crippen molar-refractivity contribution in [1.29, 1.82) is 0 Å². The summed E-state index contributed by atoms with van der Waals surface area (Å²) in [6, 6.07) is 10.4. The van der Waals surface area contributed by atoms with Gasteiger partial charge < -0.3 is 4.74 Å². The molecule has 2 rings (SSSR count). The van der Waals surface area contributed by atoms with Gasteiger partial charge in [0.1, 0.15) is 5.75 Å². The third-order valence-electron chi connectivity index (χ3n) is 3.67. The molecule has 124 valence electrons. The summed E-state index contributed by atoms with van der Waals surface area (Å²) in [4.78, 5) is 0.197. The standard InChI is InChI=1S/C17H20BrNO3S/c1-11-5-6-12(2)15(9-11)13(3)19-23(20,21)14-7-8-17(22-4)16(18)10-14/h5-10,13,19H,1-4H3/t13-/m1/s1. The molecule has 0 heterocycles. The lowest BCUT2D eigenvalue weighted by Gasteiger charge is -2.18. The monoisotopic (exact) mass is 397 g/mol. The number of halogens is 1. The van der Waals surface area contributed by atoms with E-state index in [1.54, 1.807) is 6.07 Å². The summed E-state index contributed by atoms with van der Waals surface area (Å²) < 4.78 is 33.6. The number of aryl methyl sites for hydroxylation is 2. The molecular formula is C17H20BrNO3S. The molecule has 4 nitrogen and oxygen atoms in total. The fourth-order valence-corrected chi connectivity index (χ4v) is 4.35. The van der Waals surface area contributed by atoms with Crippen LogP contribution >= 0.6 is 15.9 Å². The van der Waals surface area contributed by atoms with Gasteiger partial charge in [0.05, 0.1) is 16.5 Å². The minimum Gasteiger partial charge on any atom is -0.496 e. The first-order chi connectivity index (χ1) is 10.7. The highest BCUT2D eigenvalue weighted by Gasteiger charge is 2.20. The summed E-state index contributed by atoms with van der Waals surface area (Å²) >= 11 is 3.31. The van der Waals surface area contributed by atoms with Crippen LogP contribution in [0.25, 0.3) is 0 Å². The van der Waals surface area contributed by atoms with Crippen LogP contribution in [0.4, 0.5) is 0 Å². The zero-order valence-electron chi connectivity index (χ0n) is 13.6. The molecule has 0 spiro atoms. The maximum absolute atomic E-state index is 12.6. The van der Waals surface area contributed by atoms with E-state index >= 15 is 0 Å². The summed E-state index contributed by atoms with van der Waals surface area (Å²) in [7, 11) is -2.08. The van der Waals surface area contributed by atoms with Crippen LogP contribution in [-0.4, -0.2) is 15.5 Å². The molecule has 0 bridgehead atoms. The molecule has 1 N–H and O–H groups in total. The Morgan fingerprint density at radius 2 is 1.83 bits per heavy atom. The van der Waals surface area contributed by atoms with Crippen molar-refractivity contribution in [3.63, 3.8) is 0 Å². The van der Waals surface area contributed by atoms with E-state index in [-0.39, 0.29) is 10.9 Å². The van der Waals surface area contributed by atoms with Gasteiger partial charge in [0.25, 0.3) is 0 Å². The van der Waals surface area contributed by atoms with Crippen molar-refractivity contribution in [2.24, 2.45) is 0 Å². The van der Waals surface area contributed by atoms with Gasteiger partial charge in [0, 0.05) is 6.04 Å². The van der Waals surface area contributed by atoms with Crippen LogP contribution in [0.3, 0.4) is 0 Å². The third-order valence-corrected chi connectivity index (χ3v) is 5.82. The van der Waals surface area contributed by atoms with Crippen LogP contribution in [0.1, 0.15) is 29.7 Å². The summed E-state index contributed by atoms with van der Waals surface area (Å²) in [6.07, 6.45) is 0. The lowest BCUT2D eigenvalue weighted by Crippen LogP contribution is -2.27. The van der Waals surface area contributed by atoms with Crippen molar-refractivity contribution >= 4 is 26.0 Å². The highest BCUT2D eigenvalue weighted by atomic mass is 79.9. The van der Waals surface area contributed by atoms with Gasteiger partial charge in [0.15, 0.2) is 0 Å². The minimum absolute atomic E-state index is 0.197. The SMILES string of the molecule is COc1ccc(S(=O)(=O)N[C@H](C)c2cc(C)ccc2C)cc1Br. The Balaban J connectivity index is 2.30. The van der Waals surface area contributed by atoms with E-state index in [0.29, 0.717) is 10.2 Å². The molecule has 0 saturated heterocycles. The first kappa shape index (κ1) is 18.0. The summed E-state index contributed by atoms with van der Waals surface area (Å²) in [5.74, 6) is 0.589. The second-order valence-electron chi connectivity index (χ2n) is 5.50. The van der Waals surface area contributed by atoms with E-state index in [4.69, 9.17) is 4.74 Å². The van der Waals surface area contributed by atoms with Crippen LogP contribution in [0.5, 0.6) is 5.75 Å². The lowest BCUT2D eigenvalue weighted by molar-refractivity contribution is 0.411. The first-order valence-corrected chi connectivity index (χ1v) is 9.45. The molecule has 0 unspecified atom stereocenters. The van der Waals surface area contributed by atoms with Gasteiger partial charge in [-0.3, -0.25) is 0 Å². The second kappa shape index (κ2) is 7.03. The predicted molar refractivity (Wildman–Crippen MR) is 95.3 cm³/mol. The molecule has 0 aliphatic heterocycles. The molecule has 23 heavy (non-hydrogen) atoms. The Hall–Kier alpha value is -1.37. The Morgan fingerprint density at radius 1 is 1.13 bits per heavy atom. The quantitative estimate of drug-likeness (QED) is 0.825. The number of rotatable bonds is 5. The maximum Gasteiger partial charge on any atom is 0.241 e. The molecule has 0 aromatic heterocycles. The Bertz CT molecular complexity index is 819. The Kier molecular flexibility index (Phi) is 5.49. The lowest BCUT2D eigenvalue weighted by atomic mass is 10.0. The molecule has 6 heteroatoms. The fourth-order valence-electron chi connectivity index (χ4n) is 2.40. The van der Waals surface area contributed by atoms with E-state index in [0.717, 1.165) is 16.7 Å². The molecular weight excluding hydrogens is 378 g/mol. The average molecular weight is 398 g/mol. The largest absolute Gasteiger partial charge is 0.496 e. The highest BCUT2D eigenvalue weighted by Crippen LogP contribution is 2.28. The average Bonchev–Trinajstić information content (AvgIpc) is 2.49. The van der Waals surface area contributed by atoms with E-state index in [9.17, 15) is 8.42 Å². The number of methoxy groups -OCH3 is 1. The summed E-state index contributed by atoms with van der Waals surface area (Å²) in [5, 5.41) is 0. The molecule has 2 aromatic rings. The van der Waals surface area contributed by atoms with Gasteiger partial charge in [-0.15, -0.1) is 0 Å². The predicted octanol–water partition coefficient (Wildman–Crippen LogP) is 4.11. The molecule has 2 aromatic carbocycles. The molecule has 0 radical (unpaired) electrons. The number of hydrogen-bond donors (Lipinski definition) is 1. The maximum atomic E-state index is 12.6. The topological polar surface area (TPSA) is 55.4 Å². The van der Waals surface area contributed by atoms with Crippen LogP contribution in [0.2, 0.25) is 0 Å². The van der Waals surface area contributed by atoms with Crippen molar-refractivity contribution in [1.82, 2.24) is 4.72 Å². The van der Waals surface area contributed by atoms with Gasteiger partial charge in [0.2, 0.25) is 10.0 Å². The third kappa shape index (κ3) is 4.13. The van der Waals surface area contributed by atoms with Crippen molar-refractivity contribution in [3.8, 4) is 5.75 Å². The van der Waals surface area contributed by atoms with E-state index < -0.39 is 10.0 Å². The molecule has 0 aliphatic carbocycles. The smallest absolute Gasteiger partial charge is 0.241 e. The van der Waals surface area contributed by atoms with E-state index in [1.165, 1.54) is 19.2 Å². The zero-order valence-corrected chi connectivity index (χ0v) is 16.0. The fraction of sp³-hybridized carbons (Fsp3) is 0.294. The summed E-state index contributed by atoms with van der Waals surface area (Å²) in [5.41, 5.74) is 3.13. The second-order valence-corrected chi connectivity index (χ2v) is 8.07. The molecule has 0 amide bonds. The summed E-state index contributed by atoms with van der Waals surface area (Å²) in [6.45, 7) is 5.81. The number of hydrogen-bond acceptors (Lipinski definition) is 3. The molecule has 0 aliphatic rings. The highest BCUT2D eigenvalue weighted by molar-refractivity contribution is 9.10. The molecule has 0 fully saturated rings. The number of sulfonamides is 1. The minimum atomic E-state index is -3.62. The molecule has 0 saturated carbocycles. The van der Waals surface area contributed by atoms with Crippen molar-refractivity contribution in [2.75, 3.05) is 7.11 Å². The van der Waals surface area contributed by atoms with Crippen LogP contribution in [0, 0.1) is 13.8 Å². The van der Waals surface area contributed by atoms with Gasteiger partial charge in [-0.05, 0) is 66.0 Å². The van der Waals surface area contributed by atoms with E-state index in [2.05, 4.69) is 20.7 Å². The Morgan fingerprint density at radius 3 is 2.43 bits per heavy atom. The van der Waals surface area contributed by atoms with Gasteiger partial charge in [-0.1, -0.05) is 23.8 Å². The van der Waals surface area contributed by atoms with Crippen molar-refractivity contribution in [2.45, 2.75) is 31.7 Å². The van der Waals surface area contributed by atoms with Crippen LogP contribution in [0.15, 0.2) is 45.8 Å². The number of benzene rings is 2. The normalized spacial score (nSPS) is 12.9. The van der Waals surface area contributed by atoms with Gasteiger partial charge >= 0.3 is 0 Å².